The van der Waals surface area contributed by atoms with Gasteiger partial charge in [-0.3, -0.25) is 10.1 Å². The Bertz CT molecular complexity index is 218. The van der Waals surface area contributed by atoms with Crippen LogP contribution in [0.2, 0.25) is 0 Å². The van der Waals surface area contributed by atoms with Gasteiger partial charge in [-0.2, -0.15) is 0 Å². The predicted molar refractivity (Wildman–Crippen MR) is 59.5 cm³/mol. The molecular formula is C9H16Cl2FNO2. The molecule has 0 spiro atoms. The minimum absolute atomic E-state index is 0. The fourth-order valence-corrected chi connectivity index (χ4v) is 1.97. The maximum Gasteiger partial charge on any atom is 0.326 e. The second kappa shape index (κ2) is 6.51. The fourth-order valence-electron chi connectivity index (χ4n) is 1.84. The van der Waals surface area contributed by atoms with Crippen LogP contribution in [0.5, 0.6) is 0 Å². The van der Waals surface area contributed by atoms with Crippen molar-refractivity contribution in [2.75, 3.05) is 19.5 Å². The molecule has 1 heterocycles. The van der Waals surface area contributed by atoms with E-state index in [0.29, 0.717) is 18.7 Å². The van der Waals surface area contributed by atoms with Gasteiger partial charge in [0, 0.05) is 18.8 Å². The van der Waals surface area contributed by atoms with Crippen LogP contribution in [0.15, 0.2) is 0 Å². The van der Waals surface area contributed by atoms with E-state index in [0.717, 1.165) is 0 Å². The van der Waals surface area contributed by atoms with Crippen molar-refractivity contribution < 1.29 is 13.9 Å². The molecule has 0 aromatic carbocycles. The lowest BCUT2D eigenvalue weighted by Gasteiger charge is -2.25. The lowest BCUT2D eigenvalue weighted by atomic mass is 9.91. The molecular weight excluding hydrogens is 244 g/mol. The predicted octanol–water partition coefficient (Wildman–Crippen LogP) is 1.67. The maximum absolute atomic E-state index is 13.0. The number of carbonyl (C=O) groups excluding carboxylic acids is 1. The third kappa shape index (κ3) is 3.47. The Balaban J connectivity index is 0.00000196. The zero-order valence-corrected chi connectivity index (χ0v) is 10.2. The average Bonchev–Trinajstić information content (AvgIpc) is 2.57. The monoisotopic (exact) mass is 259 g/mol. The molecule has 0 radical (unpaired) electrons. The molecule has 1 saturated heterocycles. The van der Waals surface area contributed by atoms with Crippen molar-refractivity contribution in [2.24, 2.45) is 0 Å². The molecule has 1 fully saturated rings. The van der Waals surface area contributed by atoms with Gasteiger partial charge in [-0.05, 0) is 12.8 Å². The molecule has 0 aromatic rings. The Labute approximate surface area is 100 Å². The number of carbonyl (C=O) groups is 1. The number of halogens is 3. The van der Waals surface area contributed by atoms with E-state index in [1.807, 2.05) is 0 Å². The summed E-state index contributed by atoms with van der Waals surface area (Å²) in [7, 11) is 1.32. The minimum atomic E-state index is -0.968. The van der Waals surface area contributed by atoms with Crippen LogP contribution in [-0.4, -0.2) is 37.2 Å². The summed E-state index contributed by atoms with van der Waals surface area (Å²) in [5.41, 5.74) is -0.844. The van der Waals surface area contributed by atoms with Crippen LogP contribution in [0.4, 0.5) is 4.39 Å². The fraction of sp³-hybridized carbons (Fsp3) is 0.889. The highest BCUT2D eigenvalue weighted by Gasteiger charge is 2.45. The normalized spacial score (nSPS) is 29.7. The van der Waals surface area contributed by atoms with Crippen LogP contribution < -0.4 is 5.32 Å². The second-order valence-electron chi connectivity index (χ2n) is 3.55. The molecule has 1 unspecified atom stereocenters. The van der Waals surface area contributed by atoms with Gasteiger partial charge >= 0.3 is 5.97 Å². The molecule has 0 aromatic heterocycles. The van der Waals surface area contributed by atoms with Crippen LogP contribution in [0.3, 0.4) is 0 Å². The van der Waals surface area contributed by atoms with Crippen molar-refractivity contribution in [1.29, 1.82) is 0 Å². The van der Waals surface area contributed by atoms with Gasteiger partial charge in [0.1, 0.15) is 11.7 Å². The number of rotatable bonds is 4. The van der Waals surface area contributed by atoms with E-state index in [1.54, 1.807) is 0 Å². The molecule has 2 atom stereocenters. The zero-order chi connectivity index (χ0) is 10.6. The highest BCUT2D eigenvalue weighted by Crippen LogP contribution is 2.28. The van der Waals surface area contributed by atoms with E-state index in [-0.39, 0.29) is 31.3 Å². The van der Waals surface area contributed by atoms with Gasteiger partial charge in [0.15, 0.2) is 0 Å². The van der Waals surface area contributed by atoms with Crippen molar-refractivity contribution in [1.82, 2.24) is 5.32 Å². The molecule has 90 valence electrons. The molecule has 1 rings (SSSR count). The highest BCUT2D eigenvalue weighted by atomic mass is 35.5. The van der Waals surface area contributed by atoms with Crippen molar-refractivity contribution >= 4 is 30.0 Å². The third-order valence-electron chi connectivity index (χ3n) is 2.55. The smallest absolute Gasteiger partial charge is 0.326 e. The molecule has 0 aliphatic carbocycles. The van der Waals surface area contributed by atoms with Crippen LogP contribution in [0, 0.1) is 0 Å². The van der Waals surface area contributed by atoms with E-state index in [4.69, 9.17) is 11.6 Å². The summed E-state index contributed by atoms with van der Waals surface area (Å²) in [6.45, 7) is 0.220. The molecule has 1 aliphatic heterocycles. The first kappa shape index (κ1) is 14.9. The molecule has 0 bridgehead atoms. The molecule has 15 heavy (non-hydrogen) atoms. The van der Waals surface area contributed by atoms with E-state index in [2.05, 4.69) is 10.1 Å². The third-order valence-corrected chi connectivity index (χ3v) is 2.81. The Morgan fingerprint density at radius 3 is 2.80 bits per heavy atom. The number of nitrogens with one attached hydrogen (secondary N) is 1. The second-order valence-corrected chi connectivity index (χ2v) is 3.93. The van der Waals surface area contributed by atoms with Gasteiger partial charge in [-0.25, -0.2) is 4.39 Å². The van der Waals surface area contributed by atoms with Crippen LogP contribution in [-0.2, 0) is 9.53 Å². The Morgan fingerprint density at radius 2 is 2.40 bits per heavy atom. The standard InChI is InChI=1S/C9H15ClFNO2.ClH/c1-14-8(13)9(3-2-4-10)5-7(11)6-12-9;/h7,12H,2-6H2,1H3;1H/t7-,9?;/m1./s1. The van der Waals surface area contributed by atoms with Crippen molar-refractivity contribution in [3.05, 3.63) is 0 Å². The first-order valence-corrected chi connectivity index (χ1v) is 5.21. The summed E-state index contributed by atoms with van der Waals surface area (Å²) in [5, 5.41) is 2.90. The first-order valence-electron chi connectivity index (χ1n) is 4.68. The minimum Gasteiger partial charge on any atom is -0.468 e. The van der Waals surface area contributed by atoms with Crippen molar-refractivity contribution in [3.8, 4) is 0 Å². The molecule has 1 aliphatic rings. The summed E-state index contributed by atoms with van der Waals surface area (Å²) < 4.78 is 17.7. The van der Waals surface area contributed by atoms with Gasteiger partial charge in [0.05, 0.1) is 7.11 Å². The lowest BCUT2D eigenvalue weighted by molar-refractivity contribution is -0.148. The highest BCUT2D eigenvalue weighted by molar-refractivity contribution is 6.17. The number of alkyl halides is 2. The number of esters is 1. The summed E-state index contributed by atoms with van der Waals surface area (Å²) in [6, 6.07) is 0. The number of hydrogen-bond donors (Lipinski definition) is 1. The largest absolute Gasteiger partial charge is 0.468 e. The van der Waals surface area contributed by atoms with Gasteiger partial charge in [0.25, 0.3) is 0 Å². The quantitative estimate of drug-likeness (QED) is 0.617. The van der Waals surface area contributed by atoms with E-state index >= 15 is 0 Å². The Hall–Kier alpha value is -0.0600. The number of ether oxygens (including phenoxy) is 1. The van der Waals surface area contributed by atoms with Gasteiger partial charge < -0.3 is 4.74 Å². The van der Waals surface area contributed by atoms with Gasteiger partial charge in [-0.1, -0.05) is 0 Å². The molecule has 0 amide bonds. The first-order chi connectivity index (χ1) is 6.64. The summed E-state index contributed by atoms with van der Waals surface area (Å²) in [5.74, 6) is 0.0833. The van der Waals surface area contributed by atoms with Gasteiger partial charge in [0.2, 0.25) is 0 Å². The van der Waals surface area contributed by atoms with Crippen molar-refractivity contribution in [2.45, 2.75) is 31.0 Å². The van der Waals surface area contributed by atoms with Crippen LogP contribution in [0.25, 0.3) is 0 Å². The van der Waals surface area contributed by atoms with E-state index in [1.165, 1.54) is 7.11 Å². The van der Waals surface area contributed by atoms with E-state index in [9.17, 15) is 9.18 Å². The number of hydrogen-bond acceptors (Lipinski definition) is 3. The zero-order valence-electron chi connectivity index (χ0n) is 8.59. The maximum atomic E-state index is 13.0. The summed E-state index contributed by atoms with van der Waals surface area (Å²) >= 11 is 5.55. The van der Waals surface area contributed by atoms with Crippen LogP contribution >= 0.6 is 24.0 Å². The van der Waals surface area contributed by atoms with Crippen molar-refractivity contribution in [3.63, 3.8) is 0 Å². The molecule has 1 N–H and O–H groups in total. The average molecular weight is 260 g/mol. The summed E-state index contributed by atoms with van der Waals surface area (Å²) in [4.78, 5) is 11.5. The summed E-state index contributed by atoms with van der Waals surface area (Å²) in [6.07, 6.45) is 0.431. The van der Waals surface area contributed by atoms with Gasteiger partial charge in [-0.15, -0.1) is 24.0 Å². The Morgan fingerprint density at radius 1 is 1.73 bits per heavy atom. The topological polar surface area (TPSA) is 38.3 Å². The number of methoxy groups -OCH3 is 1. The SMILES string of the molecule is COC(=O)C1(CCCCl)C[C@@H](F)CN1.Cl. The molecule has 3 nitrogen and oxygen atoms in total. The Kier molecular flexibility index (Phi) is 6.48. The van der Waals surface area contributed by atoms with E-state index < -0.39 is 11.7 Å². The van der Waals surface area contributed by atoms with Crippen LogP contribution in [0.1, 0.15) is 19.3 Å². The molecule has 0 saturated carbocycles. The lowest BCUT2D eigenvalue weighted by Crippen LogP contribution is -2.48. The molecule has 6 heteroatoms.